The van der Waals surface area contributed by atoms with E-state index in [1.54, 1.807) is 10.7 Å². The summed E-state index contributed by atoms with van der Waals surface area (Å²) in [4.78, 5) is 8.55. The van der Waals surface area contributed by atoms with Crippen molar-refractivity contribution in [1.29, 1.82) is 0 Å². The zero-order chi connectivity index (χ0) is 19.1. The smallest absolute Gasteiger partial charge is 0.241 e. The highest BCUT2D eigenvalue weighted by atomic mass is 35.5. The number of imidazole rings is 1. The molecule has 1 aliphatic rings. The molecule has 0 aliphatic carbocycles. The van der Waals surface area contributed by atoms with Gasteiger partial charge in [0.15, 0.2) is 5.15 Å². The normalized spacial score (nSPS) is 23.3. The van der Waals surface area contributed by atoms with Crippen molar-refractivity contribution in [2.24, 2.45) is 0 Å². The first-order valence-corrected chi connectivity index (χ1v) is 10.7. The quantitative estimate of drug-likeness (QED) is 0.820. The van der Waals surface area contributed by atoms with Crippen molar-refractivity contribution in [3.05, 3.63) is 17.2 Å². The Kier molecular flexibility index (Phi) is 5.36. The Morgan fingerprint density at radius 1 is 1.50 bits per heavy atom. The molecule has 1 fully saturated rings. The SMILES string of the molecule is CCC(C)c1nc(Cl)c2cnc(N[C@@H]3CCN(S(C)(=O)=O)C[C@@H]3F)nn12. The van der Waals surface area contributed by atoms with Crippen LogP contribution in [0, 0.1) is 0 Å². The molecule has 2 aromatic heterocycles. The third kappa shape index (κ3) is 3.77. The number of hydrogen-bond acceptors (Lipinski definition) is 6. The van der Waals surface area contributed by atoms with Crippen LogP contribution in [0.3, 0.4) is 0 Å². The van der Waals surface area contributed by atoms with Gasteiger partial charge in [0.1, 0.15) is 17.5 Å². The van der Waals surface area contributed by atoms with Crippen molar-refractivity contribution in [2.75, 3.05) is 24.7 Å². The van der Waals surface area contributed by atoms with Gasteiger partial charge in [0.05, 0.1) is 18.5 Å². The van der Waals surface area contributed by atoms with Crippen LogP contribution in [0.1, 0.15) is 38.4 Å². The predicted molar refractivity (Wildman–Crippen MR) is 97.8 cm³/mol. The van der Waals surface area contributed by atoms with Gasteiger partial charge in [-0.2, -0.15) is 4.31 Å². The Labute approximate surface area is 156 Å². The Balaban J connectivity index is 1.81. The number of piperidine rings is 1. The summed E-state index contributed by atoms with van der Waals surface area (Å²) >= 11 is 6.15. The molecule has 0 saturated carbocycles. The van der Waals surface area contributed by atoms with Crippen molar-refractivity contribution < 1.29 is 12.8 Å². The fourth-order valence-electron chi connectivity index (χ4n) is 2.95. The van der Waals surface area contributed by atoms with Crippen molar-refractivity contribution in [1.82, 2.24) is 23.9 Å². The average Bonchev–Trinajstić information content (AvgIpc) is 2.91. The fraction of sp³-hybridized carbons (Fsp3) is 0.667. The molecular formula is C15H22ClFN6O2S. The van der Waals surface area contributed by atoms with Crippen LogP contribution in [0.5, 0.6) is 0 Å². The first kappa shape index (κ1) is 19.2. The molecule has 1 saturated heterocycles. The molecule has 3 atom stereocenters. The van der Waals surface area contributed by atoms with E-state index in [0.717, 1.165) is 22.8 Å². The summed E-state index contributed by atoms with van der Waals surface area (Å²) in [7, 11) is -3.39. The lowest BCUT2D eigenvalue weighted by molar-refractivity contribution is 0.186. The largest absolute Gasteiger partial charge is 0.347 e. The number of nitrogens with zero attached hydrogens (tertiary/aromatic N) is 5. The van der Waals surface area contributed by atoms with Gasteiger partial charge in [-0.25, -0.2) is 27.3 Å². The van der Waals surface area contributed by atoms with Gasteiger partial charge in [0, 0.05) is 19.0 Å². The molecule has 8 nitrogen and oxygen atoms in total. The minimum absolute atomic E-state index is 0.157. The fourth-order valence-corrected chi connectivity index (χ4v) is 4.01. The molecule has 3 heterocycles. The van der Waals surface area contributed by atoms with Crippen molar-refractivity contribution in [3.8, 4) is 0 Å². The number of alkyl halides is 1. The zero-order valence-electron chi connectivity index (χ0n) is 14.9. The summed E-state index contributed by atoms with van der Waals surface area (Å²) in [5, 5.41) is 7.72. The maximum atomic E-state index is 14.4. The van der Waals surface area contributed by atoms with E-state index in [0.29, 0.717) is 17.1 Å². The van der Waals surface area contributed by atoms with Crippen LogP contribution < -0.4 is 5.32 Å². The maximum absolute atomic E-state index is 14.4. The molecule has 1 unspecified atom stereocenters. The minimum atomic E-state index is -3.39. The third-order valence-electron chi connectivity index (χ3n) is 4.71. The van der Waals surface area contributed by atoms with Crippen LogP contribution in [0.15, 0.2) is 6.20 Å². The molecule has 0 radical (unpaired) electrons. The first-order valence-electron chi connectivity index (χ1n) is 8.47. The van der Waals surface area contributed by atoms with Crippen molar-refractivity contribution >= 4 is 33.1 Å². The van der Waals surface area contributed by atoms with Crippen molar-refractivity contribution in [2.45, 2.75) is 44.8 Å². The van der Waals surface area contributed by atoms with Gasteiger partial charge in [0.2, 0.25) is 16.0 Å². The molecule has 2 aromatic rings. The van der Waals surface area contributed by atoms with Crippen LogP contribution in [0.25, 0.3) is 5.52 Å². The molecule has 3 rings (SSSR count). The van der Waals surface area contributed by atoms with E-state index in [1.807, 2.05) is 13.8 Å². The Bertz CT molecular complexity index is 905. The second-order valence-corrected chi connectivity index (χ2v) is 8.97. The van der Waals surface area contributed by atoms with Crippen LogP contribution in [0.4, 0.5) is 10.3 Å². The summed E-state index contributed by atoms with van der Waals surface area (Å²) in [6.45, 7) is 4.16. The van der Waals surface area contributed by atoms with E-state index in [-0.39, 0.29) is 25.0 Å². The lowest BCUT2D eigenvalue weighted by atomic mass is 10.1. The molecule has 26 heavy (non-hydrogen) atoms. The number of halogens is 2. The monoisotopic (exact) mass is 404 g/mol. The minimum Gasteiger partial charge on any atom is -0.347 e. The van der Waals surface area contributed by atoms with Gasteiger partial charge in [-0.05, 0) is 12.8 Å². The number of nitrogens with one attached hydrogen (secondary N) is 1. The Morgan fingerprint density at radius 2 is 2.23 bits per heavy atom. The van der Waals surface area contributed by atoms with Gasteiger partial charge < -0.3 is 5.32 Å². The molecule has 0 bridgehead atoms. The Hall–Kier alpha value is -1.52. The van der Waals surface area contributed by atoms with E-state index in [2.05, 4.69) is 20.4 Å². The predicted octanol–water partition coefficient (Wildman–Crippen LogP) is 2.08. The number of rotatable bonds is 5. The number of sulfonamides is 1. The van der Waals surface area contributed by atoms with Gasteiger partial charge >= 0.3 is 0 Å². The van der Waals surface area contributed by atoms with E-state index in [9.17, 15) is 12.8 Å². The summed E-state index contributed by atoms with van der Waals surface area (Å²) in [5.74, 6) is 1.14. The summed E-state index contributed by atoms with van der Waals surface area (Å²) in [6, 6.07) is -0.559. The zero-order valence-corrected chi connectivity index (χ0v) is 16.4. The van der Waals surface area contributed by atoms with Crippen LogP contribution in [-0.2, 0) is 10.0 Å². The Morgan fingerprint density at radius 3 is 2.85 bits per heavy atom. The summed E-state index contributed by atoms with van der Waals surface area (Å²) < 4.78 is 40.3. The van der Waals surface area contributed by atoms with Gasteiger partial charge in [-0.15, -0.1) is 5.10 Å². The molecular weight excluding hydrogens is 383 g/mol. The first-order chi connectivity index (χ1) is 12.2. The maximum Gasteiger partial charge on any atom is 0.241 e. The number of aromatic nitrogens is 4. The summed E-state index contributed by atoms with van der Waals surface area (Å²) in [6.07, 6.45) is 2.49. The molecule has 1 N–H and O–H groups in total. The number of hydrogen-bond donors (Lipinski definition) is 1. The lowest BCUT2D eigenvalue weighted by Crippen LogP contribution is -2.49. The number of anilines is 1. The highest BCUT2D eigenvalue weighted by Crippen LogP contribution is 2.25. The molecule has 0 spiro atoms. The van der Waals surface area contributed by atoms with Crippen LogP contribution in [-0.4, -0.2) is 63.9 Å². The molecule has 11 heteroatoms. The van der Waals surface area contributed by atoms with E-state index in [1.165, 1.54) is 0 Å². The molecule has 144 valence electrons. The average molecular weight is 405 g/mol. The summed E-state index contributed by atoms with van der Waals surface area (Å²) in [5.41, 5.74) is 0.594. The second-order valence-electron chi connectivity index (χ2n) is 6.63. The molecule has 0 aromatic carbocycles. The van der Waals surface area contributed by atoms with Gasteiger partial charge in [0.25, 0.3) is 0 Å². The number of fused-ring (bicyclic) bond motifs is 1. The second kappa shape index (κ2) is 7.24. The van der Waals surface area contributed by atoms with Gasteiger partial charge in [-0.3, -0.25) is 0 Å². The standard InChI is InChI=1S/C15H22ClFN6O2S/c1-4-9(2)14-20-13(16)12-7-18-15(21-23(12)14)19-11-5-6-22(8-10(11)17)26(3,24)25/h7,9-11H,4-6,8H2,1-3H3,(H,19,21)/t9?,10-,11+/m0/s1. The van der Waals surface area contributed by atoms with Crippen LogP contribution >= 0.6 is 11.6 Å². The van der Waals surface area contributed by atoms with Crippen LogP contribution in [0.2, 0.25) is 5.15 Å². The molecule has 0 amide bonds. The van der Waals surface area contributed by atoms with Gasteiger partial charge in [-0.1, -0.05) is 25.4 Å². The highest BCUT2D eigenvalue weighted by Gasteiger charge is 2.33. The van der Waals surface area contributed by atoms with E-state index in [4.69, 9.17) is 11.6 Å². The van der Waals surface area contributed by atoms with E-state index < -0.39 is 22.2 Å². The highest BCUT2D eigenvalue weighted by molar-refractivity contribution is 7.88. The third-order valence-corrected chi connectivity index (χ3v) is 6.26. The van der Waals surface area contributed by atoms with Crippen molar-refractivity contribution in [3.63, 3.8) is 0 Å². The lowest BCUT2D eigenvalue weighted by Gasteiger charge is -2.33. The molecule has 1 aliphatic heterocycles. The van der Waals surface area contributed by atoms with E-state index >= 15 is 0 Å². The topological polar surface area (TPSA) is 92.5 Å².